The number of furan rings is 1. The van der Waals surface area contributed by atoms with Crippen molar-refractivity contribution in [2.75, 3.05) is 13.6 Å². The third-order valence-electron chi connectivity index (χ3n) is 4.18. The Labute approximate surface area is 116 Å². The van der Waals surface area contributed by atoms with Gasteiger partial charge in [-0.2, -0.15) is 0 Å². The maximum absolute atomic E-state index is 11.6. The van der Waals surface area contributed by atoms with E-state index in [1.165, 1.54) is 19.1 Å². The maximum Gasteiger partial charge on any atom is 0.127 e. The van der Waals surface area contributed by atoms with Crippen LogP contribution in [0.25, 0.3) is 0 Å². The van der Waals surface area contributed by atoms with E-state index in [0.717, 1.165) is 37.5 Å². The molecule has 2 rings (SSSR count). The smallest absolute Gasteiger partial charge is 0.127 e. The molecule has 0 bridgehead atoms. The van der Waals surface area contributed by atoms with Crippen molar-refractivity contribution in [1.29, 1.82) is 0 Å². The first kappa shape index (κ1) is 14.3. The normalized spacial score (nSPS) is 27.7. The number of rotatable bonds is 5. The van der Waals surface area contributed by atoms with E-state index in [2.05, 4.69) is 18.9 Å². The van der Waals surface area contributed by atoms with Gasteiger partial charge in [-0.3, -0.25) is 4.90 Å². The lowest BCUT2D eigenvalue weighted by molar-refractivity contribution is -0.120. The van der Waals surface area contributed by atoms with E-state index < -0.39 is 0 Å². The maximum atomic E-state index is 11.6. The van der Waals surface area contributed by atoms with E-state index in [9.17, 15) is 4.79 Å². The van der Waals surface area contributed by atoms with Crippen LogP contribution in [0.2, 0.25) is 0 Å². The SMILES string of the molecule is Cc1ccc(CN(C)CC2(C=O)CCCC(C)C2)o1. The summed E-state index contributed by atoms with van der Waals surface area (Å²) in [5, 5.41) is 0. The number of hydrogen-bond donors (Lipinski definition) is 0. The van der Waals surface area contributed by atoms with Gasteiger partial charge in [0.05, 0.1) is 6.54 Å². The molecule has 0 spiro atoms. The van der Waals surface area contributed by atoms with E-state index >= 15 is 0 Å². The molecule has 3 nitrogen and oxygen atoms in total. The van der Waals surface area contributed by atoms with Crippen LogP contribution >= 0.6 is 0 Å². The Bertz CT molecular complexity index is 426. The number of hydrogen-bond acceptors (Lipinski definition) is 3. The van der Waals surface area contributed by atoms with Crippen LogP contribution in [0.3, 0.4) is 0 Å². The van der Waals surface area contributed by atoms with Crippen LogP contribution in [-0.4, -0.2) is 24.8 Å². The van der Waals surface area contributed by atoms with Gasteiger partial charge in [0.15, 0.2) is 0 Å². The summed E-state index contributed by atoms with van der Waals surface area (Å²) in [6, 6.07) is 4.00. The van der Waals surface area contributed by atoms with Crippen LogP contribution in [0.15, 0.2) is 16.5 Å². The second-order valence-corrected chi connectivity index (χ2v) is 6.37. The van der Waals surface area contributed by atoms with Crippen LogP contribution in [0.1, 0.15) is 44.1 Å². The lowest BCUT2D eigenvalue weighted by Gasteiger charge is -2.38. The summed E-state index contributed by atoms with van der Waals surface area (Å²) in [5.74, 6) is 2.59. The van der Waals surface area contributed by atoms with Gasteiger partial charge in [-0.1, -0.05) is 19.8 Å². The van der Waals surface area contributed by atoms with E-state index in [-0.39, 0.29) is 5.41 Å². The molecule has 1 aliphatic carbocycles. The fourth-order valence-electron chi connectivity index (χ4n) is 3.42. The molecule has 0 saturated heterocycles. The van der Waals surface area contributed by atoms with Crippen LogP contribution in [0.4, 0.5) is 0 Å². The predicted octanol–water partition coefficient (Wildman–Crippen LogP) is 3.42. The van der Waals surface area contributed by atoms with Crippen LogP contribution in [0.5, 0.6) is 0 Å². The van der Waals surface area contributed by atoms with E-state index in [0.29, 0.717) is 5.92 Å². The summed E-state index contributed by atoms with van der Waals surface area (Å²) >= 11 is 0. The quantitative estimate of drug-likeness (QED) is 0.763. The first-order chi connectivity index (χ1) is 9.03. The van der Waals surface area contributed by atoms with Gasteiger partial charge in [-0.25, -0.2) is 0 Å². The van der Waals surface area contributed by atoms with Gasteiger partial charge in [0, 0.05) is 12.0 Å². The van der Waals surface area contributed by atoms with Crippen LogP contribution < -0.4 is 0 Å². The highest BCUT2D eigenvalue weighted by molar-refractivity contribution is 5.60. The molecule has 0 radical (unpaired) electrons. The lowest BCUT2D eigenvalue weighted by Crippen LogP contribution is -2.40. The molecule has 19 heavy (non-hydrogen) atoms. The zero-order valence-corrected chi connectivity index (χ0v) is 12.3. The molecule has 1 aromatic heterocycles. The predicted molar refractivity (Wildman–Crippen MR) is 75.9 cm³/mol. The first-order valence-electron chi connectivity index (χ1n) is 7.23. The Morgan fingerprint density at radius 1 is 1.53 bits per heavy atom. The molecule has 1 aliphatic rings. The van der Waals surface area contributed by atoms with E-state index in [4.69, 9.17) is 4.42 Å². The van der Waals surface area contributed by atoms with Gasteiger partial charge in [0.1, 0.15) is 17.8 Å². The fourth-order valence-corrected chi connectivity index (χ4v) is 3.42. The molecule has 1 heterocycles. The van der Waals surface area contributed by atoms with Crippen molar-refractivity contribution >= 4 is 6.29 Å². The molecular weight excluding hydrogens is 238 g/mol. The zero-order valence-electron chi connectivity index (χ0n) is 12.3. The van der Waals surface area contributed by atoms with Crippen molar-refractivity contribution in [2.24, 2.45) is 11.3 Å². The molecule has 3 heteroatoms. The van der Waals surface area contributed by atoms with Gasteiger partial charge in [0.2, 0.25) is 0 Å². The van der Waals surface area contributed by atoms with Crippen molar-refractivity contribution in [2.45, 2.75) is 46.1 Å². The second-order valence-electron chi connectivity index (χ2n) is 6.37. The van der Waals surface area contributed by atoms with Crippen molar-refractivity contribution in [1.82, 2.24) is 4.90 Å². The third-order valence-corrected chi connectivity index (χ3v) is 4.18. The highest BCUT2D eigenvalue weighted by atomic mass is 16.3. The molecule has 2 unspecified atom stereocenters. The van der Waals surface area contributed by atoms with Crippen LogP contribution in [-0.2, 0) is 11.3 Å². The Morgan fingerprint density at radius 2 is 2.32 bits per heavy atom. The molecule has 1 aromatic rings. The summed E-state index contributed by atoms with van der Waals surface area (Å²) in [6.45, 7) is 5.82. The highest BCUT2D eigenvalue weighted by Gasteiger charge is 2.35. The monoisotopic (exact) mass is 263 g/mol. The van der Waals surface area contributed by atoms with Crippen molar-refractivity contribution < 1.29 is 9.21 Å². The average Bonchev–Trinajstić information content (AvgIpc) is 2.74. The first-order valence-corrected chi connectivity index (χ1v) is 7.23. The summed E-state index contributed by atoms with van der Waals surface area (Å²) in [7, 11) is 2.07. The largest absolute Gasteiger partial charge is 0.465 e. The molecule has 1 saturated carbocycles. The van der Waals surface area contributed by atoms with Crippen molar-refractivity contribution in [3.8, 4) is 0 Å². The number of aldehydes is 1. The van der Waals surface area contributed by atoms with Gasteiger partial charge in [-0.15, -0.1) is 0 Å². The van der Waals surface area contributed by atoms with Crippen LogP contribution in [0, 0.1) is 18.3 Å². The number of carbonyl (C=O) groups is 1. The number of carbonyl (C=O) groups excluding carboxylic acids is 1. The molecular formula is C16H25NO2. The number of nitrogens with zero attached hydrogens (tertiary/aromatic N) is 1. The molecule has 1 fully saturated rings. The highest BCUT2D eigenvalue weighted by Crippen LogP contribution is 2.38. The van der Waals surface area contributed by atoms with Crippen molar-refractivity contribution in [3.05, 3.63) is 23.7 Å². The summed E-state index contributed by atoms with van der Waals surface area (Å²) < 4.78 is 5.60. The molecule has 0 N–H and O–H groups in total. The Balaban J connectivity index is 1.95. The second kappa shape index (κ2) is 5.91. The van der Waals surface area contributed by atoms with E-state index in [1.807, 2.05) is 19.1 Å². The van der Waals surface area contributed by atoms with Gasteiger partial charge < -0.3 is 9.21 Å². The topological polar surface area (TPSA) is 33.5 Å². The Kier molecular flexibility index (Phi) is 4.46. The van der Waals surface area contributed by atoms with Crippen molar-refractivity contribution in [3.63, 3.8) is 0 Å². The Morgan fingerprint density at radius 3 is 2.89 bits per heavy atom. The standard InChI is InChI=1S/C16H25NO2/c1-13-5-4-8-16(9-13,12-18)11-17(3)10-15-7-6-14(2)19-15/h6-7,12-13H,4-5,8-11H2,1-3H3. The minimum Gasteiger partial charge on any atom is -0.465 e. The van der Waals surface area contributed by atoms with E-state index in [1.54, 1.807) is 0 Å². The molecule has 0 aromatic carbocycles. The summed E-state index contributed by atoms with van der Waals surface area (Å²) in [5.41, 5.74) is -0.145. The minimum absolute atomic E-state index is 0.145. The molecule has 0 aliphatic heterocycles. The minimum atomic E-state index is -0.145. The summed E-state index contributed by atoms with van der Waals surface area (Å²) in [6.07, 6.45) is 5.69. The molecule has 0 amide bonds. The average molecular weight is 263 g/mol. The molecule has 2 atom stereocenters. The number of aryl methyl sites for hydroxylation is 1. The fraction of sp³-hybridized carbons (Fsp3) is 0.688. The third kappa shape index (κ3) is 3.69. The zero-order chi connectivity index (χ0) is 13.9. The van der Waals surface area contributed by atoms with Gasteiger partial charge in [0.25, 0.3) is 0 Å². The van der Waals surface area contributed by atoms with Gasteiger partial charge >= 0.3 is 0 Å². The van der Waals surface area contributed by atoms with Gasteiger partial charge in [-0.05, 0) is 44.9 Å². The molecule has 106 valence electrons. The Hall–Kier alpha value is -1.09. The summed E-state index contributed by atoms with van der Waals surface area (Å²) in [4.78, 5) is 13.8. The lowest BCUT2D eigenvalue weighted by atomic mass is 9.71.